The highest BCUT2D eigenvalue weighted by molar-refractivity contribution is 5.67. The van der Waals surface area contributed by atoms with E-state index in [0.717, 1.165) is 0 Å². The first-order chi connectivity index (χ1) is 4.70. The lowest BCUT2D eigenvalue weighted by atomic mass is 9.96. The molecule has 0 amide bonds. The van der Waals surface area contributed by atoms with Gasteiger partial charge in [0.25, 0.3) is 0 Å². The summed E-state index contributed by atoms with van der Waals surface area (Å²) in [5.74, 6) is -0.574. The molecule has 1 unspecified atom stereocenters. The molecule has 0 aromatic heterocycles. The van der Waals surface area contributed by atoms with E-state index in [1.165, 1.54) is 0 Å². The van der Waals surface area contributed by atoms with Gasteiger partial charge in [0.15, 0.2) is 0 Å². The maximum atomic E-state index is 10.1. The standard InChI is InChI=1S/C6H11NO3/c7-5(1-6(8)9)4-2-10-3-4/h4-5H,1-3,7H2,(H,8,9). The maximum absolute atomic E-state index is 10.1. The molecule has 10 heavy (non-hydrogen) atoms. The van der Waals surface area contributed by atoms with Gasteiger partial charge in [-0.15, -0.1) is 0 Å². The molecule has 4 heteroatoms. The number of aliphatic carboxylic acids is 1. The molecule has 1 aliphatic rings. The van der Waals surface area contributed by atoms with Gasteiger partial charge >= 0.3 is 5.97 Å². The van der Waals surface area contributed by atoms with Crippen LogP contribution in [0.15, 0.2) is 0 Å². The Balaban J connectivity index is 2.19. The van der Waals surface area contributed by atoms with Crippen LogP contribution in [0.3, 0.4) is 0 Å². The second-order valence-corrected chi connectivity index (χ2v) is 2.56. The van der Waals surface area contributed by atoms with Gasteiger partial charge in [-0.3, -0.25) is 4.79 Å². The molecule has 1 rings (SSSR count). The molecule has 1 atom stereocenters. The molecular weight excluding hydrogens is 134 g/mol. The van der Waals surface area contributed by atoms with E-state index >= 15 is 0 Å². The Kier molecular flexibility index (Phi) is 2.24. The maximum Gasteiger partial charge on any atom is 0.304 e. The Hall–Kier alpha value is -0.610. The van der Waals surface area contributed by atoms with Crippen molar-refractivity contribution < 1.29 is 14.6 Å². The van der Waals surface area contributed by atoms with Gasteiger partial charge in [0.2, 0.25) is 0 Å². The van der Waals surface area contributed by atoms with Crippen LogP contribution in [0, 0.1) is 5.92 Å². The first-order valence-corrected chi connectivity index (χ1v) is 3.25. The normalized spacial score (nSPS) is 21.7. The Morgan fingerprint density at radius 2 is 2.40 bits per heavy atom. The number of carboxylic acid groups (broad SMARTS) is 1. The summed E-state index contributed by atoms with van der Waals surface area (Å²) < 4.78 is 4.86. The summed E-state index contributed by atoms with van der Waals surface area (Å²) in [6, 6.07) is -0.230. The van der Waals surface area contributed by atoms with Crippen molar-refractivity contribution in [3.63, 3.8) is 0 Å². The zero-order valence-electron chi connectivity index (χ0n) is 5.62. The Morgan fingerprint density at radius 3 is 2.70 bits per heavy atom. The summed E-state index contributed by atoms with van der Waals surface area (Å²) in [5, 5.41) is 8.33. The molecule has 0 aliphatic carbocycles. The van der Waals surface area contributed by atoms with Crippen LogP contribution in [0.1, 0.15) is 6.42 Å². The van der Waals surface area contributed by atoms with Crippen molar-refractivity contribution in [2.75, 3.05) is 13.2 Å². The molecule has 0 aromatic carbocycles. The topological polar surface area (TPSA) is 72.6 Å². The molecule has 1 heterocycles. The van der Waals surface area contributed by atoms with E-state index < -0.39 is 5.97 Å². The van der Waals surface area contributed by atoms with Crippen molar-refractivity contribution in [3.05, 3.63) is 0 Å². The lowest BCUT2D eigenvalue weighted by Gasteiger charge is -2.30. The first kappa shape index (κ1) is 7.50. The van der Waals surface area contributed by atoms with Crippen molar-refractivity contribution in [1.29, 1.82) is 0 Å². The third-order valence-electron chi connectivity index (χ3n) is 1.68. The van der Waals surface area contributed by atoms with Crippen LogP contribution in [0.2, 0.25) is 0 Å². The predicted octanol–water partition coefficient (Wildman–Crippen LogP) is -0.565. The number of nitrogens with two attached hydrogens (primary N) is 1. The van der Waals surface area contributed by atoms with Crippen LogP contribution in [0.5, 0.6) is 0 Å². The van der Waals surface area contributed by atoms with Crippen molar-refractivity contribution >= 4 is 5.97 Å². The number of carboxylic acids is 1. The van der Waals surface area contributed by atoms with Crippen LogP contribution in [0.25, 0.3) is 0 Å². The van der Waals surface area contributed by atoms with Gasteiger partial charge in [-0.05, 0) is 0 Å². The molecule has 1 saturated heterocycles. The van der Waals surface area contributed by atoms with Gasteiger partial charge in [-0.2, -0.15) is 0 Å². The zero-order chi connectivity index (χ0) is 7.56. The number of rotatable bonds is 3. The van der Waals surface area contributed by atoms with E-state index in [0.29, 0.717) is 13.2 Å². The largest absolute Gasteiger partial charge is 0.481 e. The van der Waals surface area contributed by atoms with Gasteiger partial charge < -0.3 is 15.6 Å². The minimum Gasteiger partial charge on any atom is -0.481 e. The van der Waals surface area contributed by atoms with Crippen LogP contribution in [-0.2, 0) is 9.53 Å². The average molecular weight is 145 g/mol. The minimum atomic E-state index is -0.834. The molecule has 1 fully saturated rings. The summed E-state index contributed by atoms with van der Waals surface area (Å²) in [6.45, 7) is 1.24. The summed E-state index contributed by atoms with van der Waals surface area (Å²) in [5.41, 5.74) is 5.52. The quantitative estimate of drug-likeness (QED) is 0.558. The smallest absolute Gasteiger partial charge is 0.304 e. The number of carbonyl (C=O) groups is 1. The van der Waals surface area contributed by atoms with Gasteiger partial charge in [-0.1, -0.05) is 0 Å². The molecule has 0 radical (unpaired) electrons. The first-order valence-electron chi connectivity index (χ1n) is 3.25. The molecule has 58 valence electrons. The fourth-order valence-electron chi connectivity index (χ4n) is 0.869. The molecule has 0 aromatic rings. The van der Waals surface area contributed by atoms with E-state index in [1.807, 2.05) is 0 Å². The minimum absolute atomic E-state index is 0.0496. The number of hydrogen-bond donors (Lipinski definition) is 2. The predicted molar refractivity (Wildman–Crippen MR) is 34.5 cm³/mol. The van der Waals surface area contributed by atoms with E-state index in [1.54, 1.807) is 0 Å². The van der Waals surface area contributed by atoms with Crippen LogP contribution in [-0.4, -0.2) is 30.3 Å². The molecular formula is C6H11NO3. The highest BCUT2D eigenvalue weighted by Gasteiger charge is 2.26. The molecule has 4 nitrogen and oxygen atoms in total. The number of ether oxygens (including phenoxy) is 1. The summed E-state index contributed by atoms with van der Waals surface area (Å²) in [7, 11) is 0. The van der Waals surface area contributed by atoms with Crippen LogP contribution >= 0.6 is 0 Å². The third kappa shape index (κ3) is 1.68. The fourth-order valence-corrected chi connectivity index (χ4v) is 0.869. The van der Waals surface area contributed by atoms with E-state index in [-0.39, 0.29) is 18.4 Å². The van der Waals surface area contributed by atoms with E-state index in [2.05, 4.69) is 0 Å². The number of hydrogen-bond acceptors (Lipinski definition) is 3. The lowest BCUT2D eigenvalue weighted by molar-refractivity contribution is -0.138. The van der Waals surface area contributed by atoms with Crippen molar-refractivity contribution in [2.24, 2.45) is 11.7 Å². The Labute approximate surface area is 59.0 Å². The van der Waals surface area contributed by atoms with Crippen LogP contribution in [0.4, 0.5) is 0 Å². The van der Waals surface area contributed by atoms with Gasteiger partial charge in [0, 0.05) is 12.0 Å². The van der Waals surface area contributed by atoms with E-state index in [9.17, 15) is 4.79 Å². The SMILES string of the molecule is NC(CC(=O)O)C1COC1. The Morgan fingerprint density at radius 1 is 1.80 bits per heavy atom. The summed E-state index contributed by atoms with van der Waals surface area (Å²) in [6.07, 6.45) is 0.0496. The average Bonchev–Trinajstić information content (AvgIpc) is 1.55. The fraction of sp³-hybridized carbons (Fsp3) is 0.833. The monoisotopic (exact) mass is 145 g/mol. The highest BCUT2D eigenvalue weighted by atomic mass is 16.5. The van der Waals surface area contributed by atoms with Gasteiger partial charge in [-0.25, -0.2) is 0 Å². The van der Waals surface area contributed by atoms with Crippen molar-refractivity contribution in [1.82, 2.24) is 0 Å². The summed E-state index contributed by atoms with van der Waals surface area (Å²) in [4.78, 5) is 10.1. The molecule has 0 spiro atoms. The summed E-state index contributed by atoms with van der Waals surface area (Å²) >= 11 is 0. The van der Waals surface area contributed by atoms with Gasteiger partial charge in [0.05, 0.1) is 19.6 Å². The molecule has 0 saturated carbocycles. The Bertz CT molecular complexity index is 133. The van der Waals surface area contributed by atoms with Crippen LogP contribution < -0.4 is 5.73 Å². The second kappa shape index (κ2) is 2.98. The highest BCUT2D eigenvalue weighted by Crippen LogP contribution is 2.14. The lowest BCUT2D eigenvalue weighted by Crippen LogP contribution is -2.44. The molecule has 1 aliphatic heterocycles. The van der Waals surface area contributed by atoms with Gasteiger partial charge in [0.1, 0.15) is 0 Å². The van der Waals surface area contributed by atoms with Crippen molar-refractivity contribution in [2.45, 2.75) is 12.5 Å². The zero-order valence-corrected chi connectivity index (χ0v) is 5.62. The van der Waals surface area contributed by atoms with E-state index in [4.69, 9.17) is 15.6 Å². The molecule has 0 bridgehead atoms. The third-order valence-corrected chi connectivity index (χ3v) is 1.68. The second-order valence-electron chi connectivity index (χ2n) is 2.56. The molecule has 3 N–H and O–H groups in total. The van der Waals surface area contributed by atoms with Crippen molar-refractivity contribution in [3.8, 4) is 0 Å².